The van der Waals surface area contributed by atoms with E-state index in [4.69, 9.17) is 11.6 Å². The first kappa shape index (κ1) is 17.5. The van der Waals surface area contributed by atoms with Crippen LogP contribution in [-0.4, -0.2) is 38.0 Å². The van der Waals surface area contributed by atoms with Crippen LogP contribution in [0.1, 0.15) is 0 Å². The average Bonchev–Trinajstić information content (AvgIpc) is 3.11. The lowest BCUT2D eigenvalue weighted by Crippen LogP contribution is -2.38. The molecule has 0 aliphatic carbocycles. The molecule has 0 saturated carbocycles. The first-order valence-electron chi connectivity index (χ1n) is 9.01. The number of fused-ring (bicyclic) bond motifs is 2. The highest BCUT2D eigenvalue weighted by molar-refractivity contribution is 7.91. The molecule has 2 atom stereocenters. The third kappa shape index (κ3) is 2.67. The van der Waals surface area contributed by atoms with E-state index in [0.717, 1.165) is 16.5 Å². The Morgan fingerprint density at radius 2 is 1.46 bits per heavy atom. The molecule has 0 N–H and O–H groups in total. The fraction of sp³-hybridized carbons (Fsp3) is 0.190. The number of carbonyl (C=O) groups is 1. The monoisotopic (exact) mass is 412 g/mol. The van der Waals surface area contributed by atoms with Crippen molar-refractivity contribution in [3.8, 4) is 0 Å². The van der Waals surface area contributed by atoms with E-state index in [2.05, 4.69) is 0 Å². The lowest BCUT2D eigenvalue weighted by molar-refractivity contribution is 0.255. The van der Waals surface area contributed by atoms with Crippen LogP contribution >= 0.6 is 11.6 Å². The molecule has 3 aromatic carbocycles. The highest BCUT2D eigenvalue weighted by atomic mass is 35.5. The summed E-state index contributed by atoms with van der Waals surface area (Å²) in [5, 5.41) is 2.51. The van der Waals surface area contributed by atoms with Gasteiger partial charge in [0.1, 0.15) is 0 Å². The zero-order valence-corrected chi connectivity index (χ0v) is 16.4. The van der Waals surface area contributed by atoms with Crippen molar-refractivity contribution in [2.75, 3.05) is 21.3 Å². The lowest BCUT2D eigenvalue weighted by atomic mass is 10.1. The summed E-state index contributed by atoms with van der Waals surface area (Å²) in [5.74, 6) is -0.0655. The molecule has 7 heteroatoms. The van der Waals surface area contributed by atoms with Crippen LogP contribution in [0.25, 0.3) is 10.8 Å². The molecular formula is C21H17ClN2O3S. The minimum absolute atomic E-state index is 0.0310. The van der Waals surface area contributed by atoms with Crippen molar-refractivity contribution >= 4 is 49.6 Å². The van der Waals surface area contributed by atoms with Crippen molar-refractivity contribution in [3.05, 3.63) is 71.8 Å². The smallest absolute Gasteiger partial charge is 0.288 e. The maximum Gasteiger partial charge on any atom is 0.329 e. The molecule has 0 aromatic heterocycles. The molecule has 5 nitrogen and oxygen atoms in total. The maximum atomic E-state index is 13.5. The number of hydrogen-bond acceptors (Lipinski definition) is 3. The van der Waals surface area contributed by atoms with Crippen LogP contribution in [0.2, 0.25) is 5.02 Å². The van der Waals surface area contributed by atoms with Gasteiger partial charge in [-0.15, -0.1) is 0 Å². The number of amides is 2. The van der Waals surface area contributed by atoms with E-state index in [1.165, 1.54) is 0 Å². The molecule has 3 aromatic rings. The summed E-state index contributed by atoms with van der Waals surface area (Å²) in [6.07, 6.45) is 0. The zero-order chi connectivity index (χ0) is 19.5. The van der Waals surface area contributed by atoms with Crippen LogP contribution in [0.15, 0.2) is 66.7 Å². The summed E-state index contributed by atoms with van der Waals surface area (Å²) in [6, 6.07) is 19.5. The Bertz CT molecular complexity index is 1190. The molecule has 2 amide bonds. The van der Waals surface area contributed by atoms with Gasteiger partial charge in [0.2, 0.25) is 0 Å². The third-order valence-corrected chi connectivity index (χ3v) is 7.45. The zero-order valence-electron chi connectivity index (χ0n) is 14.8. The van der Waals surface area contributed by atoms with E-state index in [1.807, 2.05) is 42.5 Å². The molecule has 2 unspecified atom stereocenters. The van der Waals surface area contributed by atoms with E-state index in [1.54, 1.807) is 34.1 Å². The predicted octanol–water partition coefficient (Wildman–Crippen LogP) is 4.11. The van der Waals surface area contributed by atoms with Crippen molar-refractivity contribution in [1.29, 1.82) is 0 Å². The first-order chi connectivity index (χ1) is 13.4. The molecule has 2 saturated heterocycles. The SMILES string of the molecule is O=C1N(c2ccc(Cl)cc2)C2CS(=O)(=O)CC2N1c1cccc2ccccc12. The van der Waals surface area contributed by atoms with Gasteiger partial charge in [-0.1, -0.05) is 48.0 Å². The third-order valence-electron chi connectivity index (χ3n) is 5.50. The van der Waals surface area contributed by atoms with E-state index >= 15 is 0 Å². The van der Waals surface area contributed by atoms with Crippen molar-refractivity contribution in [3.63, 3.8) is 0 Å². The standard InChI is InChI=1S/C21H17ClN2O3S/c22-15-8-10-16(11-9-15)23-19-12-28(26,27)13-20(19)24(21(23)25)18-7-3-5-14-4-1-2-6-17(14)18/h1-11,19-20H,12-13H2. The van der Waals surface area contributed by atoms with Crippen molar-refractivity contribution in [2.24, 2.45) is 0 Å². The Morgan fingerprint density at radius 3 is 2.21 bits per heavy atom. The van der Waals surface area contributed by atoms with Crippen LogP contribution < -0.4 is 9.80 Å². The normalized spacial score (nSPS) is 23.4. The van der Waals surface area contributed by atoms with Gasteiger partial charge in [0.25, 0.3) is 0 Å². The second kappa shape index (κ2) is 6.22. The van der Waals surface area contributed by atoms with E-state index in [0.29, 0.717) is 10.7 Å². The molecule has 0 radical (unpaired) electrons. The second-order valence-corrected chi connectivity index (χ2v) is 9.80. The summed E-state index contributed by atoms with van der Waals surface area (Å²) in [4.78, 5) is 16.7. The van der Waals surface area contributed by atoms with Crippen molar-refractivity contribution < 1.29 is 13.2 Å². The number of hydrogen-bond donors (Lipinski definition) is 0. The molecule has 28 heavy (non-hydrogen) atoms. The number of benzene rings is 3. The second-order valence-electron chi connectivity index (χ2n) is 7.21. The molecule has 142 valence electrons. The van der Waals surface area contributed by atoms with Crippen molar-refractivity contribution in [2.45, 2.75) is 12.1 Å². The Balaban J connectivity index is 1.67. The average molecular weight is 413 g/mol. The van der Waals surface area contributed by atoms with E-state index < -0.39 is 21.9 Å². The molecule has 2 aliphatic rings. The van der Waals surface area contributed by atoms with Gasteiger partial charge in [-0.05, 0) is 35.7 Å². The van der Waals surface area contributed by atoms with Crippen LogP contribution in [0.3, 0.4) is 0 Å². The molecule has 5 rings (SSSR count). The van der Waals surface area contributed by atoms with Gasteiger partial charge >= 0.3 is 6.03 Å². The Morgan fingerprint density at radius 1 is 0.821 bits per heavy atom. The number of urea groups is 1. The number of halogens is 1. The van der Waals surface area contributed by atoms with Gasteiger partial charge < -0.3 is 0 Å². The Hall–Kier alpha value is -2.57. The minimum atomic E-state index is -3.23. The molecule has 0 spiro atoms. The lowest BCUT2D eigenvalue weighted by Gasteiger charge is -2.24. The molecule has 0 bridgehead atoms. The summed E-state index contributed by atoms with van der Waals surface area (Å²) >= 11 is 5.99. The number of rotatable bonds is 2. The first-order valence-corrected chi connectivity index (χ1v) is 11.2. The number of nitrogens with zero attached hydrogens (tertiary/aromatic N) is 2. The Labute approximate surface area is 168 Å². The molecule has 2 aliphatic heterocycles. The van der Waals surface area contributed by atoms with Gasteiger partial charge in [-0.3, -0.25) is 9.80 Å². The number of carbonyl (C=O) groups excluding carboxylic acids is 1. The van der Waals surface area contributed by atoms with Gasteiger partial charge in [-0.25, -0.2) is 13.2 Å². The number of anilines is 2. The summed E-state index contributed by atoms with van der Waals surface area (Å²) in [5.41, 5.74) is 1.40. The topological polar surface area (TPSA) is 57.7 Å². The van der Waals surface area contributed by atoms with Crippen LogP contribution in [0.4, 0.5) is 16.2 Å². The van der Waals surface area contributed by atoms with Crippen LogP contribution in [0.5, 0.6) is 0 Å². The fourth-order valence-corrected chi connectivity index (χ4v) is 6.35. The fourth-order valence-electron chi connectivity index (χ4n) is 4.31. The highest BCUT2D eigenvalue weighted by Crippen LogP contribution is 2.40. The minimum Gasteiger partial charge on any atom is -0.288 e. The summed E-state index contributed by atoms with van der Waals surface area (Å²) in [6.45, 7) is 0. The maximum absolute atomic E-state index is 13.5. The molecule has 2 heterocycles. The largest absolute Gasteiger partial charge is 0.329 e. The highest BCUT2D eigenvalue weighted by Gasteiger charge is 2.54. The summed E-state index contributed by atoms with van der Waals surface area (Å²) < 4.78 is 24.9. The van der Waals surface area contributed by atoms with E-state index in [9.17, 15) is 13.2 Å². The number of sulfone groups is 1. The summed E-state index contributed by atoms with van der Waals surface area (Å²) in [7, 11) is -3.23. The van der Waals surface area contributed by atoms with Crippen LogP contribution in [-0.2, 0) is 9.84 Å². The van der Waals surface area contributed by atoms with Crippen molar-refractivity contribution in [1.82, 2.24) is 0 Å². The van der Waals surface area contributed by atoms with Gasteiger partial charge in [0.15, 0.2) is 9.84 Å². The molecule has 2 fully saturated rings. The van der Waals surface area contributed by atoms with Gasteiger partial charge in [0, 0.05) is 16.1 Å². The Kier molecular flexibility index (Phi) is 3.89. The molecular weight excluding hydrogens is 396 g/mol. The van der Waals surface area contributed by atoms with Crippen LogP contribution in [0, 0.1) is 0 Å². The quantitative estimate of drug-likeness (QED) is 0.595. The van der Waals surface area contributed by atoms with E-state index in [-0.39, 0.29) is 17.5 Å². The predicted molar refractivity (Wildman–Crippen MR) is 112 cm³/mol. The van der Waals surface area contributed by atoms with Gasteiger partial charge in [0.05, 0.1) is 29.3 Å². The van der Waals surface area contributed by atoms with Gasteiger partial charge in [-0.2, -0.15) is 0 Å².